The molecule has 0 radical (unpaired) electrons. The maximum absolute atomic E-state index is 13.0. The lowest BCUT2D eigenvalue weighted by atomic mass is 10.0. The summed E-state index contributed by atoms with van der Waals surface area (Å²) in [6, 6.07) is 4.95. The number of likely N-dealkylation sites (N-methyl/N-ethyl adjacent to an activating group) is 1. The Labute approximate surface area is 217 Å². The van der Waals surface area contributed by atoms with Gasteiger partial charge in [-0.25, -0.2) is 14.8 Å². The number of nitrogens with zero attached hydrogens (tertiary/aromatic N) is 5. The molecule has 0 aromatic carbocycles. The van der Waals surface area contributed by atoms with Gasteiger partial charge in [-0.3, -0.25) is 24.7 Å². The van der Waals surface area contributed by atoms with E-state index in [1.54, 1.807) is 30.3 Å². The molecular weight excluding hydrogens is 468 g/mol. The third-order valence-corrected chi connectivity index (χ3v) is 7.05. The fraction of sp³-hybridized carbons (Fsp3) is 0.464. The van der Waals surface area contributed by atoms with Gasteiger partial charge in [0.25, 0.3) is 0 Å². The molecule has 1 aliphatic heterocycles. The second kappa shape index (κ2) is 10.7. The quantitative estimate of drug-likeness (QED) is 0.464. The van der Waals surface area contributed by atoms with Gasteiger partial charge in [-0.05, 0) is 62.8 Å². The zero-order chi connectivity index (χ0) is 25.9. The minimum absolute atomic E-state index is 0.0178. The Bertz CT molecular complexity index is 1270. The van der Waals surface area contributed by atoms with Crippen LogP contribution in [0.25, 0.3) is 0 Å². The lowest BCUT2D eigenvalue weighted by molar-refractivity contribution is -0.136. The van der Waals surface area contributed by atoms with Gasteiger partial charge < -0.3 is 4.90 Å². The van der Waals surface area contributed by atoms with Crippen LogP contribution in [0.15, 0.2) is 24.4 Å². The monoisotopic (exact) mass is 500 g/mol. The molecule has 0 unspecified atom stereocenters. The van der Waals surface area contributed by atoms with Gasteiger partial charge in [0, 0.05) is 49.9 Å². The molecule has 3 fully saturated rings. The molecule has 192 valence electrons. The Morgan fingerprint density at radius 3 is 2.73 bits per heavy atom. The smallest absolute Gasteiger partial charge is 0.328 e. The van der Waals surface area contributed by atoms with Crippen molar-refractivity contribution in [1.82, 2.24) is 19.8 Å². The van der Waals surface area contributed by atoms with E-state index in [0.717, 1.165) is 24.1 Å². The summed E-state index contributed by atoms with van der Waals surface area (Å²) in [5.41, 5.74) is 2.93. The van der Waals surface area contributed by atoms with Crippen molar-refractivity contribution in [2.75, 3.05) is 43.9 Å². The zero-order valence-corrected chi connectivity index (χ0v) is 21.4. The van der Waals surface area contributed by atoms with Gasteiger partial charge in [-0.1, -0.05) is 17.9 Å². The molecule has 9 nitrogen and oxygen atoms in total. The second-order valence-electron chi connectivity index (χ2n) is 10.3. The van der Waals surface area contributed by atoms with Gasteiger partial charge in [0.2, 0.25) is 5.91 Å². The Kier molecular flexibility index (Phi) is 7.19. The first-order valence-electron chi connectivity index (χ1n) is 12.9. The van der Waals surface area contributed by atoms with Crippen LogP contribution in [0.5, 0.6) is 0 Å². The van der Waals surface area contributed by atoms with Crippen molar-refractivity contribution < 1.29 is 14.4 Å². The highest BCUT2D eigenvalue weighted by atomic mass is 16.2. The van der Waals surface area contributed by atoms with Crippen molar-refractivity contribution in [2.45, 2.75) is 38.6 Å². The Balaban J connectivity index is 1.27. The molecule has 5 rings (SSSR count). The molecule has 1 N–H and O–H groups in total. The minimum Gasteiger partial charge on any atom is -0.336 e. The highest BCUT2D eigenvalue weighted by molar-refractivity contribution is 6.00. The largest absolute Gasteiger partial charge is 0.336 e. The van der Waals surface area contributed by atoms with Gasteiger partial charge >= 0.3 is 6.03 Å². The van der Waals surface area contributed by atoms with E-state index in [9.17, 15) is 14.4 Å². The van der Waals surface area contributed by atoms with E-state index in [1.165, 1.54) is 30.6 Å². The molecule has 2 saturated carbocycles. The fourth-order valence-corrected chi connectivity index (χ4v) is 4.30. The Hall–Kier alpha value is -3.77. The number of carbonyl (C=O) groups excluding carboxylic acids is 3. The lowest BCUT2D eigenvalue weighted by Crippen LogP contribution is -2.48. The summed E-state index contributed by atoms with van der Waals surface area (Å²) in [4.78, 5) is 51.0. The van der Waals surface area contributed by atoms with E-state index in [-0.39, 0.29) is 11.6 Å². The van der Waals surface area contributed by atoms with Crippen molar-refractivity contribution >= 4 is 29.9 Å². The number of urea groups is 1. The molecule has 9 heteroatoms. The average Bonchev–Trinajstić information content (AvgIpc) is 3.81. The molecule has 3 amide bonds. The summed E-state index contributed by atoms with van der Waals surface area (Å²) in [6.45, 7) is 2.04. The molecule has 3 heterocycles. The first-order chi connectivity index (χ1) is 17.9. The van der Waals surface area contributed by atoms with Crippen molar-refractivity contribution in [3.63, 3.8) is 0 Å². The zero-order valence-electron chi connectivity index (χ0n) is 21.4. The molecule has 0 atom stereocenters. The Morgan fingerprint density at radius 2 is 2.03 bits per heavy atom. The maximum atomic E-state index is 13.0. The number of amides is 3. The summed E-state index contributed by atoms with van der Waals surface area (Å²) in [7, 11) is 3.50. The average molecular weight is 501 g/mol. The summed E-state index contributed by atoms with van der Waals surface area (Å²) in [5, 5.41) is 2.85. The van der Waals surface area contributed by atoms with E-state index >= 15 is 0 Å². The van der Waals surface area contributed by atoms with Crippen LogP contribution in [0, 0.1) is 23.7 Å². The minimum atomic E-state index is -0.409. The van der Waals surface area contributed by atoms with Crippen LogP contribution in [0.3, 0.4) is 0 Å². The number of anilines is 2. The number of hydrogen-bond acceptors (Lipinski definition) is 6. The summed E-state index contributed by atoms with van der Waals surface area (Å²) in [6.07, 6.45) is 8.16. The first kappa shape index (κ1) is 24.9. The number of hydrogen-bond donors (Lipinski definition) is 1. The number of nitrogens with one attached hydrogen (secondary N) is 1. The molecule has 2 aliphatic carbocycles. The van der Waals surface area contributed by atoms with Crippen molar-refractivity contribution in [3.8, 4) is 11.8 Å². The van der Waals surface area contributed by atoms with Crippen LogP contribution in [-0.4, -0.2) is 71.7 Å². The topological polar surface area (TPSA) is 98.7 Å². The van der Waals surface area contributed by atoms with Gasteiger partial charge in [0.05, 0.1) is 6.54 Å². The number of rotatable bonds is 7. The van der Waals surface area contributed by atoms with Crippen molar-refractivity contribution in [3.05, 3.63) is 46.8 Å². The second-order valence-corrected chi connectivity index (χ2v) is 10.3. The van der Waals surface area contributed by atoms with E-state index in [4.69, 9.17) is 0 Å². The van der Waals surface area contributed by atoms with Crippen LogP contribution in [0.2, 0.25) is 0 Å². The molecule has 2 aromatic rings. The third-order valence-electron chi connectivity index (χ3n) is 7.05. The number of piperazine rings is 1. The fourth-order valence-electron chi connectivity index (χ4n) is 4.30. The van der Waals surface area contributed by atoms with Crippen molar-refractivity contribution in [1.29, 1.82) is 0 Å². The van der Waals surface area contributed by atoms with Crippen LogP contribution < -0.4 is 10.2 Å². The van der Waals surface area contributed by atoms with Gasteiger partial charge in [0.15, 0.2) is 6.29 Å². The number of aldehydes is 1. The lowest BCUT2D eigenvalue weighted by Gasteiger charge is -2.32. The molecule has 3 aliphatic rings. The number of pyridine rings is 2. The van der Waals surface area contributed by atoms with E-state index in [2.05, 4.69) is 27.1 Å². The van der Waals surface area contributed by atoms with Crippen LogP contribution in [0.4, 0.5) is 16.4 Å². The SMILES string of the molecule is CN1CCN(Cc2ccc(N(C)C(=O)Nc3cc(CC4CC4)c(C#CC4CC4)cn3)nc2C=O)C(=O)C1. The number of carbonyl (C=O) groups is 3. The predicted octanol–water partition coefficient (Wildman–Crippen LogP) is 2.95. The van der Waals surface area contributed by atoms with Crippen molar-refractivity contribution in [2.24, 2.45) is 11.8 Å². The van der Waals surface area contributed by atoms with Crippen LogP contribution in [-0.2, 0) is 17.8 Å². The van der Waals surface area contributed by atoms with E-state index in [1.807, 2.05) is 18.0 Å². The predicted molar refractivity (Wildman–Crippen MR) is 140 cm³/mol. The Morgan fingerprint density at radius 1 is 1.22 bits per heavy atom. The first-order valence-corrected chi connectivity index (χ1v) is 12.9. The summed E-state index contributed by atoms with van der Waals surface area (Å²) >= 11 is 0. The third kappa shape index (κ3) is 6.33. The number of aromatic nitrogens is 2. The molecule has 0 spiro atoms. The van der Waals surface area contributed by atoms with Crippen LogP contribution in [0.1, 0.15) is 52.9 Å². The molecule has 1 saturated heterocycles. The highest BCUT2D eigenvalue weighted by Gasteiger charge is 2.25. The molecular formula is C28H32N6O3. The normalized spacial score (nSPS) is 17.7. The molecule has 2 aromatic heterocycles. The molecule has 37 heavy (non-hydrogen) atoms. The van der Waals surface area contributed by atoms with Gasteiger partial charge in [-0.15, -0.1) is 0 Å². The van der Waals surface area contributed by atoms with E-state index < -0.39 is 6.03 Å². The maximum Gasteiger partial charge on any atom is 0.328 e. The summed E-state index contributed by atoms with van der Waals surface area (Å²) < 4.78 is 0. The highest BCUT2D eigenvalue weighted by Crippen LogP contribution is 2.34. The molecule has 0 bridgehead atoms. The standard InChI is InChI=1S/C28H32N6O3/c1-32-11-12-34(27(36)17-32)16-22-9-10-26(30-24(22)18-35)33(2)28(37)31-25-14-23(13-20-5-6-20)21(15-29-25)8-7-19-3-4-19/h9-10,14-15,18-20H,3-6,11-13,16-17H2,1-2H3,(H,29,31,37). The van der Waals surface area contributed by atoms with Gasteiger partial charge in [0.1, 0.15) is 17.3 Å². The van der Waals surface area contributed by atoms with E-state index in [0.29, 0.717) is 55.0 Å². The van der Waals surface area contributed by atoms with Gasteiger partial charge in [-0.2, -0.15) is 0 Å². The van der Waals surface area contributed by atoms with Crippen LogP contribution >= 0.6 is 0 Å². The summed E-state index contributed by atoms with van der Waals surface area (Å²) in [5.74, 6) is 8.60.